The third kappa shape index (κ3) is 3.07. The molecule has 0 fully saturated rings. The minimum atomic E-state index is 0.0747. The lowest BCUT2D eigenvalue weighted by molar-refractivity contribution is 0.0992. The third-order valence-corrected chi connectivity index (χ3v) is 2.37. The van der Waals surface area contributed by atoms with Crippen LogP contribution < -0.4 is 0 Å². The number of carbonyl (C=O) groups excluding carboxylic acids is 1. The van der Waals surface area contributed by atoms with Crippen LogP contribution in [0.3, 0.4) is 0 Å². The summed E-state index contributed by atoms with van der Waals surface area (Å²) in [5.74, 6) is 0.0747. The van der Waals surface area contributed by atoms with Gasteiger partial charge in [-0.1, -0.05) is 19.1 Å². The van der Waals surface area contributed by atoms with Crippen molar-refractivity contribution in [2.45, 2.75) is 19.8 Å². The first-order valence-electron chi connectivity index (χ1n) is 4.44. The molecule has 0 spiro atoms. The van der Waals surface area contributed by atoms with E-state index in [1.54, 1.807) is 18.5 Å². The second-order valence-electron chi connectivity index (χ2n) is 3.10. The normalized spacial score (nSPS) is 9.86. The molecule has 0 saturated heterocycles. The van der Waals surface area contributed by atoms with E-state index in [9.17, 15) is 4.79 Å². The van der Waals surface area contributed by atoms with Gasteiger partial charge in [0.15, 0.2) is 5.78 Å². The van der Waals surface area contributed by atoms with Gasteiger partial charge in [0.05, 0.1) is 0 Å². The van der Waals surface area contributed by atoms with E-state index in [2.05, 4.69) is 27.5 Å². The van der Waals surface area contributed by atoms with Crippen LogP contribution in [-0.4, -0.2) is 10.8 Å². The SMILES string of the molecule is C=C(CC)CC(=O)c1cncc(Br)c1. The first-order valence-corrected chi connectivity index (χ1v) is 5.23. The Hall–Kier alpha value is -0.960. The Morgan fingerprint density at radius 2 is 2.29 bits per heavy atom. The van der Waals surface area contributed by atoms with E-state index < -0.39 is 0 Å². The number of Topliss-reactive ketones (excluding diaryl/α,β-unsaturated/α-hetero) is 1. The number of nitrogens with zero attached hydrogens (tertiary/aromatic N) is 1. The maximum Gasteiger partial charge on any atom is 0.168 e. The molecule has 0 aliphatic rings. The number of hydrogen-bond donors (Lipinski definition) is 0. The topological polar surface area (TPSA) is 30.0 Å². The number of carbonyl (C=O) groups is 1. The molecule has 2 nitrogen and oxygen atoms in total. The maximum atomic E-state index is 11.6. The van der Waals surface area contributed by atoms with Crippen molar-refractivity contribution in [1.82, 2.24) is 4.98 Å². The van der Waals surface area contributed by atoms with Gasteiger partial charge in [-0.25, -0.2) is 0 Å². The van der Waals surface area contributed by atoms with Crippen LogP contribution in [0.2, 0.25) is 0 Å². The zero-order valence-corrected chi connectivity index (χ0v) is 9.67. The van der Waals surface area contributed by atoms with Crippen molar-refractivity contribution in [2.24, 2.45) is 0 Å². The summed E-state index contributed by atoms with van der Waals surface area (Å²) in [4.78, 5) is 15.6. The van der Waals surface area contributed by atoms with Crippen LogP contribution in [-0.2, 0) is 0 Å². The van der Waals surface area contributed by atoms with Gasteiger partial charge in [-0.05, 0) is 28.4 Å². The number of ketones is 1. The Labute approximate surface area is 92.2 Å². The van der Waals surface area contributed by atoms with Crippen LogP contribution in [0.4, 0.5) is 0 Å². The highest BCUT2D eigenvalue weighted by molar-refractivity contribution is 9.10. The molecule has 14 heavy (non-hydrogen) atoms. The molecule has 0 atom stereocenters. The van der Waals surface area contributed by atoms with Crippen molar-refractivity contribution >= 4 is 21.7 Å². The Kier molecular flexibility index (Phi) is 4.01. The minimum absolute atomic E-state index is 0.0747. The van der Waals surface area contributed by atoms with Crippen molar-refractivity contribution in [3.63, 3.8) is 0 Å². The number of rotatable bonds is 4. The highest BCUT2D eigenvalue weighted by atomic mass is 79.9. The van der Waals surface area contributed by atoms with Gasteiger partial charge < -0.3 is 0 Å². The molecule has 0 amide bonds. The molecule has 74 valence electrons. The number of pyridine rings is 1. The van der Waals surface area contributed by atoms with E-state index in [0.717, 1.165) is 16.5 Å². The minimum Gasteiger partial charge on any atom is -0.294 e. The fraction of sp³-hybridized carbons (Fsp3) is 0.273. The predicted molar refractivity (Wildman–Crippen MR) is 60.3 cm³/mol. The summed E-state index contributed by atoms with van der Waals surface area (Å²) in [5, 5.41) is 0. The standard InChI is InChI=1S/C11H12BrNO/c1-3-8(2)4-11(14)9-5-10(12)7-13-6-9/h5-7H,2-4H2,1H3. The average molecular weight is 254 g/mol. The average Bonchev–Trinajstić information content (AvgIpc) is 2.17. The Bertz CT molecular complexity index is 360. The van der Waals surface area contributed by atoms with E-state index >= 15 is 0 Å². The Morgan fingerprint density at radius 3 is 2.86 bits per heavy atom. The van der Waals surface area contributed by atoms with Crippen molar-refractivity contribution in [3.05, 3.63) is 40.6 Å². The highest BCUT2D eigenvalue weighted by Crippen LogP contribution is 2.14. The lowest BCUT2D eigenvalue weighted by Crippen LogP contribution is -2.00. The third-order valence-electron chi connectivity index (χ3n) is 1.94. The molecular weight excluding hydrogens is 242 g/mol. The summed E-state index contributed by atoms with van der Waals surface area (Å²) in [5.41, 5.74) is 1.59. The molecule has 0 aromatic carbocycles. The highest BCUT2D eigenvalue weighted by Gasteiger charge is 2.07. The number of aromatic nitrogens is 1. The molecule has 0 aliphatic heterocycles. The second-order valence-corrected chi connectivity index (χ2v) is 4.01. The zero-order chi connectivity index (χ0) is 10.6. The van der Waals surface area contributed by atoms with Crippen molar-refractivity contribution in [1.29, 1.82) is 0 Å². The summed E-state index contributed by atoms with van der Waals surface area (Å²) in [6.45, 7) is 5.80. The van der Waals surface area contributed by atoms with Gasteiger partial charge in [-0.2, -0.15) is 0 Å². The molecule has 1 rings (SSSR count). The molecule has 1 aromatic rings. The van der Waals surface area contributed by atoms with Crippen LogP contribution in [0.5, 0.6) is 0 Å². The van der Waals surface area contributed by atoms with Gasteiger partial charge in [-0.15, -0.1) is 0 Å². The number of hydrogen-bond acceptors (Lipinski definition) is 2. The summed E-state index contributed by atoms with van der Waals surface area (Å²) in [6, 6.07) is 1.78. The molecule has 0 saturated carbocycles. The van der Waals surface area contributed by atoms with Gasteiger partial charge in [-0.3, -0.25) is 9.78 Å². The maximum absolute atomic E-state index is 11.6. The lowest BCUT2D eigenvalue weighted by atomic mass is 10.0. The van der Waals surface area contributed by atoms with E-state index in [4.69, 9.17) is 0 Å². The van der Waals surface area contributed by atoms with Gasteiger partial charge >= 0.3 is 0 Å². The monoisotopic (exact) mass is 253 g/mol. The van der Waals surface area contributed by atoms with Crippen molar-refractivity contribution in [2.75, 3.05) is 0 Å². The molecule has 0 N–H and O–H groups in total. The fourth-order valence-corrected chi connectivity index (χ4v) is 1.38. The van der Waals surface area contributed by atoms with Crippen molar-refractivity contribution < 1.29 is 4.79 Å². The first kappa shape index (κ1) is 11.1. The second kappa shape index (κ2) is 5.05. The first-order chi connectivity index (χ1) is 6.63. The molecule has 0 aliphatic carbocycles. The largest absolute Gasteiger partial charge is 0.294 e. The molecule has 0 bridgehead atoms. The Morgan fingerprint density at radius 1 is 1.57 bits per heavy atom. The predicted octanol–water partition coefficient (Wildman–Crippen LogP) is 3.38. The molecule has 0 unspecified atom stereocenters. The number of allylic oxidation sites excluding steroid dienone is 1. The molecule has 3 heteroatoms. The van der Waals surface area contributed by atoms with E-state index in [1.165, 1.54) is 0 Å². The molecule has 1 aromatic heterocycles. The molecule has 1 heterocycles. The van der Waals surface area contributed by atoms with E-state index in [1.807, 2.05) is 6.92 Å². The summed E-state index contributed by atoms with van der Waals surface area (Å²) >= 11 is 3.28. The Balaban J connectivity index is 2.75. The van der Waals surface area contributed by atoms with E-state index in [-0.39, 0.29) is 5.78 Å². The van der Waals surface area contributed by atoms with Gasteiger partial charge in [0.25, 0.3) is 0 Å². The smallest absolute Gasteiger partial charge is 0.168 e. The van der Waals surface area contributed by atoms with Gasteiger partial charge in [0.1, 0.15) is 0 Å². The quantitative estimate of drug-likeness (QED) is 0.609. The van der Waals surface area contributed by atoms with Gasteiger partial charge in [0.2, 0.25) is 0 Å². The molecular formula is C11H12BrNO. The summed E-state index contributed by atoms with van der Waals surface area (Å²) in [6.07, 6.45) is 4.49. The van der Waals surface area contributed by atoms with Crippen LogP contribution in [0.25, 0.3) is 0 Å². The van der Waals surface area contributed by atoms with Crippen molar-refractivity contribution in [3.8, 4) is 0 Å². The van der Waals surface area contributed by atoms with E-state index in [0.29, 0.717) is 12.0 Å². The van der Waals surface area contributed by atoms with Gasteiger partial charge in [0, 0.05) is 28.9 Å². The zero-order valence-electron chi connectivity index (χ0n) is 8.09. The van der Waals surface area contributed by atoms with Crippen LogP contribution in [0.15, 0.2) is 35.1 Å². The van der Waals surface area contributed by atoms with Crippen LogP contribution in [0, 0.1) is 0 Å². The van der Waals surface area contributed by atoms with Crippen LogP contribution in [0.1, 0.15) is 30.1 Å². The molecule has 0 radical (unpaired) electrons. The van der Waals surface area contributed by atoms with Crippen LogP contribution >= 0.6 is 15.9 Å². The summed E-state index contributed by atoms with van der Waals surface area (Å²) < 4.78 is 0.825. The fourth-order valence-electron chi connectivity index (χ4n) is 1.02. The summed E-state index contributed by atoms with van der Waals surface area (Å²) in [7, 11) is 0. The number of halogens is 1. The lowest BCUT2D eigenvalue weighted by Gasteiger charge is -2.01.